The Bertz CT molecular complexity index is 769. The zero-order chi connectivity index (χ0) is 13.9. The molecule has 0 fully saturated rings. The first-order valence-corrected chi connectivity index (χ1v) is 6.25. The van der Waals surface area contributed by atoms with Gasteiger partial charge in [0.1, 0.15) is 0 Å². The molecule has 1 heterocycles. The minimum atomic E-state index is -0.152. The maximum absolute atomic E-state index is 12.2. The predicted octanol–water partition coefficient (Wildman–Crippen LogP) is 3.07. The van der Waals surface area contributed by atoms with Crippen molar-refractivity contribution in [2.45, 2.75) is 0 Å². The molecule has 0 unspecified atom stereocenters. The van der Waals surface area contributed by atoms with Gasteiger partial charge >= 0.3 is 0 Å². The van der Waals surface area contributed by atoms with Crippen LogP contribution >= 0.6 is 0 Å². The molecule has 0 saturated carbocycles. The van der Waals surface area contributed by atoms with Gasteiger partial charge in [-0.15, -0.1) is 0 Å². The minimum Gasteiger partial charge on any atom is -0.397 e. The number of rotatable bonds is 2. The van der Waals surface area contributed by atoms with Gasteiger partial charge in [-0.3, -0.25) is 9.78 Å². The molecule has 0 aliphatic rings. The van der Waals surface area contributed by atoms with Crippen molar-refractivity contribution in [1.82, 2.24) is 4.98 Å². The Balaban J connectivity index is 2.00. The lowest BCUT2D eigenvalue weighted by atomic mass is 10.1. The number of hydrogen-bond acceptors (Lipinski definition) is 3. The average molecular weight is 263 g/mol. The summed E-state index contributed by atoms with van der Waals surface area (Å²) >= 11 is 0. The molecule has 2 aromatic carbocycles. The van der Waals surface area contributed by atoms with Crippen molar-refractivity contribution in [3.63, 3.8) is 0 Å². The van der Waals surface area contributed by atoms with Gasteiger partial charge in [0.25, 0.3) is 5.91 Å². The second-order valence-electron chi connectivity index (χ2n) is 4.42. The van der Waals surface area contributed by atoms with E-state index in [4.69, 9.17) is 5.73 Å². The van der Waals surface area contributed by atoms with Crippen LogP contribution in [0.15, 0.2) is 60.8 Å². The van der Waals surface area contributed by atoms with E-state index in [1.807, 2.05) is 30.3 Å². The Morgan fingerprint density at radius 3 is 2.60 bits per heavy atom. The number of amides is 1. The highest BCUT2D eigenvalue weighted by Crippen LogP contribution is 2.26. The number of carbonyl (C=O) groups excluding carboxylic acids is 1. The lowest BCUT2D eigenvalue weighted by molar-refractivity contribution is 0.102. The summed E-state index contributed by atoms with van der Waals surface area (Å²) in [6, 6.07) is 16.3. The summed E-state index contributed by atoms with van der Waals surface area (Å²) in [5.74, 6) is -0.152. The second kappa shape index (κ2) is 5.01. The third kappa shape index (κ3) is 2.19. The van der Waals surface area contributed by atoms with Gasteiger partial charge in [-0.2, -0.15) is 0 Å². The first kappa shape index (κ1) is 12.2. The van der Waals surface area contributed by atoms with Crippen LogP contribution in [0.4, 0.5) is 11.4 Å². The van der Waals surface area contributed by atoms with Crippen molar-refractivity contribution in [2.75, 3.05) is 11.1 Å². The number of aromatic nitrogens is 1. The standard InChI is InChI=1S/C16H13N3O/c17-13-8-9-14(12-7-4-10-18-15(12)13)19-16(20)11-5-2-1-3-6-11/h1-10H,17H2,(H,19,20). The number of nitrogens with two attached hydrogens (primary N) is 1. The Kier molecular flexibility index (Phi) is 3.05. The fourth-order valence-electron chi connectivity index (χ4n) is 2.09. The summed E-state index contributed by atoms with van der Waals surface area (Å²) in [6.45, 7) is 0. The number of pyridine rings is 1. The first-order chi connectivity index (χ1) is 9.75. The number of hydrogen-bond donors (Lipinski definition) is 2. The van der Waals surface area contributed by atoms with Crippen molar-refractivity contribution >= 4 is 28.2 Å². The van der Waals surface area contributed by atoms with Gasteiger partial charge in [0.2, 0.25) is 0 Å². The molecule has 3 N–H and O–H groups in total. The second-order valence-corrected chi connectivity index (χ2v) is 4.42. The van der Waals surface area contributed by atoms with E-state index in [9.17, 15) is 4.79 Å². The number of nitrogens with zero attached hydrogens (tertiary/aromatic N) is 1. The molecule has 0 radical (unpaired) electrons. The van der Waals surface area contributed by atoms with E-state index in [-0.39, 0.29) is 5.91 Å². The number of benzene rings is 2. The largest absolute Gasteiger partial charge is 0.397 e. The van der Waals surface area contributed by atoms with Crippen molar-refractivity contribution in [2.24, 2.45) is 0 Å². The van der Waals surface area contributed by atoms with E-state index >= 15 is 0 Å². The van der Waals surface area contributed by atoms with Crippen LogP contribution in [-0.2, 0) is 0 Å². The van der Waals surface area contributed by atoms with Gasteiger partial charge in [-0.1, -0.05) is 18.2 Å². The third-order valence-corrected chi connectivity index (χ3v) is 3.09. The Labute approximate surface area is 116 Å². The van der Waals surface area contributed by atoms with Gasteiger partial charge in [0, 0.05) is 17.1 Å². The third-order valence-electron chi connectivity index (χ3n) is 3.09. The maximum Gasteiger partial charge on any atom is 0.255 e. The molecule has 0 aliphatic carbocycles. The van der Waals surface area contributed by atoms with Crippen molar-refractivity contribution in [3.8, 4) is 0 Å². The monoisotopic (exact) mass is 263 g/mol. The molecule has 0 bridgehead atoms. The zero-order valence-electron chi connectivity index (χ0n) is 10.7. The number of nitrogen functional groups attached to an aromatic ring is 1. The van der Waals surface area contributed by atoms with Crippen molar-refractivity contribution in [3.05, 3.63) is 66.4 Å². The van der Waals surface area contributed by atoms with Crippen LogP contribution in [0.2, 0.25) is 0 Å². The molecule has 1 aromatic heterocycles. The molecular formula is C16H13N3O. The van der Waals surface area contributed by atoms with Crippen LogP contribution in [0.5, 0.6) is 0 Å². The SMILES string of the molecule is Nc1ccc(NC(=O)c2ccccc2)c2cccnc12. The highest BCUT2D eigenvalue weighted by molar-refractivity contribution is 6.10. The molecule has 0 spiro atoms. The van der Waals surface area contributed by atoms with Crippen LogP contribution in [0.3, 0.4) is 0 Å². The van der Waals surface area contributed by atoms with E-state index in [1.165, 1.54) is 0 Å². The maximum atomic E-state index is 12.2. The van der Waals surface area contributed by atoms with E-state index < -0.39 is 0 Å². The molecule has 0 saturated heterocycles. The molecule has 3 rings (SSSR count). The summed E-state index contributed by atoms with van der Waals surface area (Å²) in [7, 11) is 0. The lowest BCUT2D eigenvalue weighted by Crippen LogP contribution is -2.12. The van der Waals surface area contributed by atoms with Crippen LogP contribution < -0.4 is 11.1 Å². The Morgan fingerprint density at radius 2 is 1.80 bits per heavy atom. The Hall–Kier alpha value is -2.88. The number of nitrogens with one attached hydrogen (secondary N) is 1. The van der Waals surface area contributed by atoms with E-state index in [0.29, 0.717) is 22.5 Å². The van der Waals surface area contributed by atoms with Gasteiger partial charge in [-0.05, 0) is 36.4 Å². The number of fused-ring (bicyclic) bond motifs is 1. The summed E-state index contributed by atoms with van der Waals surface area (Å²) in [5.41, 5.74) is 8.50. The molecule has 0 aliphatic heterocycles. The Morgan fingerprint density at radius 1 is 1.00 bits per heavy atom. The van der Waals surface area contributed by atoms with Crippen LogP contribution in [0.25, 0.3) is 10.9 Å². The first-order valence-electron chi connectivity index (χ1n) is 6.25. The molecule has 4 nitrogen and oxygen atoms in total. The molecule has 98 valence electrons. The van der Waals surface area contributed by atoms with Gasteiger partial charge in [-0.25, -0.2) is 0 Å². The molecule has 0 atom stereocenters. The topological polar surface area (TPSA) is 68.0 Å². The molecule has 20 heavy (non-hydrogen) atoms. The van der Waals surface area contributed by atoms with E-state index in [2.05, 4.69) is 10.3 Å². The number of carbonyl (C=O) groups is 1. The van der Waals surface area contributed by atoms with Gasteiger partial charge in [0.15, 0.2) is 0 Å². The number of anilines is 2. The van der Waals surface area contributed by atoms with Gasteiger partial charge < -0.3 is 11.1 Å². The minimum absolute atomic E-state index is 0.152. The van der Waals surface area contributed by atoms with Crippen LogP contribution in [-0.4, -0.2) is 10.9 Å². The molecule has 1 amide bonds. The lowest BCUT2D eigenvalue weighted by Gasteiger charge is -2.09. The fourth-order valence-corrected chi connectivity index (χ4v) is 2.09. The molecule has 3 aromatic rings. The summed E-state index contributed by atoms with van der Waals surface area (Å²) < 4.78 is 0. The van der Waals surface area contributed by atoms with E-state index in [1.54, 1.807) is 30.5 Å². The smallest absolute Gasteiger partial charge is 0.255 e. The van der Waals surface area contributed by atoms with Gasteiger partial charge in [0.05, 0.1) is 16.9 Å². The zero-order valence-corrected chi connectivity index (χ0v) is 10.7. The quantitative estimate of drug-likeness (QED) is 0.698. The molecular weight excluding hydrogens is 250 g/mol. The highest BCUT2D eigenvalue weighted by Gasteiger charge is 2.09. The highest BCUT2D eigenvalue weighted by atomic mass is 16.1. The van der Waals surface area contributed by atoms with Crippen LogP contribution in [0, 0.1) is 0 Å². The summed E-state index contributed by atoms with van der Waals surface area (Å²) in [5, 5.41) is 3.72. The van der Waals surface area contributed by atoms with Crippen LogP contribution in [0.1, 0.15) is 10.4 Å². The average Bonchev–Trinajstić information content (AvgIpc) is 2.51. The molecule has 4 heteroatoms. The summed E-state index contributed by atoms with van der Waals surface area (Å²) in [6.07, 6.45) is 1.68. The van der Waals surface area contributed by atoms with E-state index in [0.717, 1.165) is 5.39 Å². The van der Waals surface area contributed by atoms with Crippen molar-refractivity contribution < 1.29 is 4.79 Å². The summed E-state index contributed by atoms with van der Waals surface area (Å²) in [4.78, 5) is 16.4. The normalized spacial score (nSPS) is 10.4. The predicted molar refractivity (Wildman–Crippen MR) is 80.6 cm³/mol. The fraction of sp³-hybridized carbons (Fsp3) is 0. The van der Waals surface area contributed by atoms with Crippen molar-refractivity contribution in [1.29, 1.82) is 0 Å².